The summed E-state index contributed by atoms with van der Waals surface area (Å²) >= 11 is 1.47. The van der Waals surface area contributed by atoms with Crippen molar-refractivity contribution < 1.29 is 22.7 Å². The molecule has 2 aromatic heterocycles. The first-order valence-electron chi connectivity index (χ1n) is 14.3. The number of aromatic nitrogens is 2. The predicted molar refractivity (Wildman–Crippen MR) is 167 cm³/mol. The summed E-state index contributed by atoms with van der Waals surface area (Å²) in [7, 11) is -3.96. The lowest BCUT2D eigenvalue weighted by molar-refractivity contribution is 0.109. The van der Waals surface area contributed by atoms with Gasteiger partial charge in [0.05, 0.1) is 20.9 Å². The fourth-order valence-electron chi connectivity index (χ4n) is 4.84. The summed E-state index contributed by atoms with van der Waals surface area (Å²) in [5, 5.41) is 9.39. The topological polar surface area (TPSA) is 151 Å². The lowest BCUT2D eigenvalue weighted by Gasteiger charge is -2.28. The Bertz CT molecular complexity index is 1510. The van der Waals surface area contributed by atoms with Gasteiger partial charge in [-0.1, -0.05) is 6.07 Å². The normalized spacial score (nSPS) is 17.3. The number of pyridine rings is 1. The van der Waals surface area contributed by atoms with Crippen LogP contribution < -0.4 is 20.7 Å². The maximum absolute atomic E-state index is 13.6. The summed E-state index contributed by atoms with van der Waals surface area (Å²) in [4.78, 5) is 34.0. The zero-order valence-electron chi connectivity index (χ0n) is 25.1. The summed E-state index contributed by atoms with van der Waals surface area (Å²) in [6.45, 7) is 9.26. The van der Waals surface area contributed by atoms with Crippen molar-refractivity contribution in [3.05, 3.63) is 59.5 Å². The number of anilines is 1. The lowest BCUT2D eigenvalue weighted by Crippen LogP contribution is -2.40. The first kappa shape index (κ1) is 32.4. The van der Waals surface area contributed by atoms with E-state index in [2.05, 4.69) is 30.6 Å². The number of carbonyl (C=O) groups is 2. The highest BCUT2D eigenvalue weighted by molar-refractivity contribution is 7.89. The van der Waals surface area contributed by atoms with Crippen molar-refractivity contribution in [1.82, 2.24) is 25.3 Å². The molecule has 4 N–H and O–H groups in total. The van der Waals surface area contributed by atoms with Crippen molar-refractivity contribution in [1.29, 1.82) is 0 Å². The van der Waals surface area contributed by atoms with E-state index in [1.54, 1.807) is 63.6 Å². The molecule has 1 aromatic carbocycles. The molecule has 0 atom stereocenters. The number of carbonyl (C=O) groups excluding carboxylic acids is 2. The minimum absolute atomic E-state index is 0.0566. The molecule has 1 aliphatic carbocycles. The van der Waals surface area contributed by atoms with E-state index < -0.39 is 27.7 Å². The molecule has 11 nitrogen and oxygen atoms in total. The molecule has 43 heavy (non-hydrogen) atoms. The molecule has 2 heterocycles. The van der Waals surface area contributed by atoms with Gasteiger partial charge in [0.1, 0.15) is 0 Å². The van der Waals surface area contributed by atoms with Crippen molar-refractivity contribution in [3.8, 4) is 10.4 Å². The van der Waals surface area contributed by atoms with E-state index >= 15 is 0 Å². The van der Waals surface area contributed by atoms with Gasteiger partial charge in [0.2, 0.25) is 10.0 Å². The van der Waals surface area contributed by atoms with Crippen LogP contribution in [0.2, 0.25) is 0 Å². The van der Waals surface area contributed by atoms with Crippen molar-refractivity contribution in [2.45, 2.75) is 95.3 Å². The number of ether oxygens (including phenoxy) is 1. The van der Waals surface area contributed by atoms with Crippen LogP contribution in [-0.4, -0.2) is 48.2 Å². The number of nitrogens with zero attached hydrogens (tertiary/aromatic N) is 2. The Balaban J connectivity index is 1.50. The second-order valence-corrected chi connectivity index (χ2v) is 14.7. The lowest BCUT2D eigenvalue weighted by atomic mass is 9.86. The molecule has 1 saturated carbocycles. The van der Waals surface area contributed by atoms with Crippen LogP contribution in [0.25, 0.3) is 10.4 Å². The Labute approximate surface area is 257 Å². The average molecular weight is 629 g/mol. The van der Waals surface area contributed by atoms with Gasteiger partial charge in [-0.2, -0.15) is 0 Å². The Hall–Kier alpha value is -3.55. The number of alkyl carbamates (subject to hydrolysis) is 1. The molecule has 0 unspecified atom stereocenters. The standard InChI is InChI=1S/C30H40N6O5S2/c1-19(2)41-29(38)35-22-8-6-21(7-9-22)27-32-18-25(42-27)24-11-10-23(16-26(24)43(39,40)36-30(3,4)5)34-28(37)33-17-20-12-14-31-15-13-20/h10-16,18-19,21-22,36H,6-9,17H2,1-5H3,(H,35,38)(H2,33,34,37). The number of benzene rings is 1. The van der Waals surface area contributed by atoms with E-state index in [4.69, 9.17) is 4.74 Å². The minimum atomic E-state index is -3.96. The molecule has 3 aromatic rings. The van der Waals surface area contributed by atoms with Gasteiger partial charge in [-0.25, -0.2) is 27.7 Å². The van der Waals surface area contributed by atoms with Crippen molar-refractivity contribution in [3.63, 3.8) is 0 Å². The van der Waals surface area contributed by atoms with Crippen LogP contribution in [0.5, 0.6) is 0 Å². The van der Waals surface area contributed by atoms with E-state index in [0.29, 0.717) is 17.8 Å². The second-order valence-electron chi connectivity index (χ2n) is 11.9. The fraction of sp³-hybridized carbons (Fsp3) is 0.467. The Morgan fingerprint density at radius 1 is 1.07 bits per heavy atom. The average Bonchev–Trinajstić information content (AvgIpc) is 3.41. The van der Waals surface area contributed by atoms with E-state index in [0.717, 1.165) is 41.1 Å². The first-order valence-corrected chi connectivity index (χ1v) is 16.6. The van der Waals surface area contributed by atoms with Gasteiger partial charge in [-0.3, -0.25) is 4.98 Å². The Morgan fingerprint density at radius 2 is 1.77 bits per heavy atom. The molecule has 0 spiro atoms. The Morgan fingerprint density at radius 3 is 2.42 bits per heavy atom. The van der Waals surface area contributed by atoms with Crippen LogP contribution in [-0.2, 0) is 21.3 Å². The maximum atomic E-state index is 13.6. The molecule has 3 amide bonds. The van der Waals surface area contributed by atoms with E-state index in [1.807, 2.05) is 13.8 Å². The molecule has 4 rings (SSSR count). The van der Waals surface area contributed by atoms with Crippen LogP contribution in [0.1, 0.15) is 76.8 Å². The molecule has 0 radical (unpaired) electrons. The SMILES string of the molecule is CC(C)OC(=O)NC1CCC(c2ncc(-c3ccc(NC(=O)NCc4ccncc4)cc3S(=O)(=O)NC(C)(C)C)s2)CC1. The highest BCUT2D eigenvalue weighted by Crippen LogP contribution is 2.40. The maximum Gasteiger partial charge on any atom is 0.407 e. The number of sulfonamides is 1. The first-order chi connectivity index (χ1) is 20.3. The molecular weight excluding hydrogens is 589 g/mol. The summed E-state index contributed by atoms with van der Waals surface area (Å²) in [5.74, 6) is 0.218. The van der Waals surface area contributed by atoms with Crippen molar-refractivity contribution >= 4 is 39.2 Å². The van der Waals surface area contributed by atoms with Gasteiger partial charge in [0, 0.05) is 53.9 Å². The van der Waals surface area contributed by atoms with E-state index in [9.17, 15) is 18.0 Å². The largest absolute Gasteiger partial charge is 0.447 e. The van der Waals surface area contributed by atoms with Gasteiger partial charge in [-0.15, -0.1) is 11.3 Å². The summed E-state index contributed by atoms with van der Waals surface area (Å²) in [5.41, 5.74) is 1.03. The van der Waals surface area contributed by atoms with E-state index in [-0.39, 0.29) is 23.0 Å². The molecular formula is C30H40N6O5S2. The molecule has 0 bridgehead atoms. The molecule has 0 aliphatic heterocycles. The number of nitrogens with one attached hydrogen (secondary N) is 4. The van der Waals surface area contributed by atoms with Crippen molar-refractivity contribution in [2.24, 2.45) is 0 Å². The molecule has 1 fully saturated rings. The summed E-state index contributed by atoms with van der Waals surface area (Å²) in [6.07, 6.45) is 7.77. The highest BCUT2D eigenvalue weighted by atomic mass is 32.2. The van der Waals surface area contributed by atoms with Gasteiger partial charge < -0.3 is 20.7 Å². The van der Waals surface area contributed by atoms with E-state index in [1.165, 1.54) is 17.4 Å². The van der Waals surface area contributed by atoms with Gasteiger partial charge in [0.15, 0.2) is 0 Å². The zero-order chi connectivity index (χ0) is 31.2. The third kappa shape index (κ3) is 9.47. The van der Waals surface area contributed by atoms with Crippen LogP contribution in [0.4, 0.5) is 15.3 Å². The smallest absolute Gasteiger partial charge is 0.407 e. The van der Waals surface area contributed by atoms with Gasteiger partial charge >= 0.3 is 12.1 Å². The number of rotatable bonds is 9. The number of urea groups is 1. The zero-order valence-corrected chi connectivity index (χ0v) is 26.8. The number of hydrogen-bond acceptors (Lipinski definition) is 8. The number of thiazole rings is 1. The monoisotopic (exact) mass is 628 g/mol. The summed E-state index contributed by atoms with van der Waals surface area (Å²) < 4.78 is 35.1. The molecule has 232 valence electrons. The van der Waals surface area contributed by atoms with Crippen LogP contribution in [0.3, 0.4) is 0 Å². The second kappa shape index (κ2) is 13.8. The highest BCUT2D eigenvalue weighted by Gasteiger charge is 2.29. The minimum Gasteiger partial charge on any atom is -0.447 e. The third-order valence-corrected chi connectivity index (χ3v) is 9.69. The van der Waals surface area contributed by atoms with Crippen LogP contribution in [0, 0.1) is 0 Å². The van der Waals surface area contributed by atoms with Gasteiger partial charge in [0.25, 0.3) is 0 Å². The number of amides is 3. The molecule has 0 saturated heterocycles. The predicted octanol–water partition coefficient (Wildman–Crippen LogP) is 5.76. The molecule has 1 aliphatic rings. The Kier molecular flexibility index (Phi) is 10.4. The summed E-state index contributed by atoms with van der Waals surface area (Å²) in [6, 6.07) is 8.06. The molecule has 13 heteroatoms. The van der Waals surface area contributed by atoms with Gasteiger partial charge in [-0.05, 0) is 90.1 Å². The van der Waals surface area contributed by atoms with Crippen LogP contribution in [0.15, 0.2) is 53.8 Å². The number of hydrogen-bond donors (Lipinski definition) is 4. The van der Waals surface area contributed by atoms with Crippen molar-refractivity contribution in [2.75, 3.05) is 5.32 Å². The third-order valence-electron chi connectivity index (χ3n) is 6.70. The fourth-order valence-corrected chi connectivity index (χ4v) is 7.70. The quantitative estimate of drug-likeness (QED) is 0.235. The van der Waals surface area contributed by atoms with Crippen LogP contribution >= 0.6 is 11.3 Å².